The average molecular weight is 166 g/mol. The minimum absolute atomic E-state index is 0.780. The molecule has 12 heavy (non-hydrogen) atoms. The molecule has 0 saturated carbocycles. The van der Waals surface area contributed by atoms with Gasteiger partial charge >= 0.3 is 0 Å². The molecule has 1 aromatic rings. The molecule has 2 N–H and O–H groups in total. The monoisotopic (exact) mass is 166 g/mol. The van der Waals surface area contributed by atoms with Gasteiger partial charge in [-0.05, 0) is 32.0 Å². The number of nitrogens with zero attached hydrogens (tertiary/aromatic N) is 1. The highest BCUT2D eigenvalue weighted by Gasteiger charge is 2.14. The number of nitrogen functional groups attached to an aromatic ring is 1. The second-order valence-corrected chi connectivity index (χ2v) is 3.28. The van der Waals surface area contributed by atoms with Crippen molar-refractivity contribution in [1.29, 1.82) is 0 Å². The molecule has 1 aliphatic heterocycles. The van der Waals surface area contributed by atoms with Gasteiger partial charge in [0, 0.05) is 0 Å². The van der Waals surface area contributed by atoms with Crippen molar-refractivity contribution in [2.75, 3.05) is 18.8 Å². The van der Waals surface area contributed by atoms with E-state index < -0.39 is 0 Å². The van der Waals surface area contributed by atoms with E-state index in [0.717, 1.165) is 18.0 Å². The Kier molecular flexibility index (Phi) is 2.04. The summed E-state index contributed by atoms with van der Waals surface area (Å²) in [5.41, 5.74) is 6.48. The zero-order valence-electron chi connectivity index (χ0n) is 7.12. The van der Waals surface area contributed by atoms with E-state index in [0.29, 0.717) is 0 Å². The van der Waals surface area contributed by atoms with Gasteiger partial charge in [0.05, 0.1) is 18.5 Å². The van der Waals surface area contributed by atoms with Crippen LogP contribution in [-0.4, -0.2) is 18.0 Å². The molecule has 2 heterocycles. The molecule has 1 saturated heterocycles. The van der Waals surface area contributed by atoms with E-state index in [9.17, 15) is 0 Å². The molecule has 2 rings (SSSR count). The van der Waals surface area contributed by atoms with E-state index in [1.807, 2.05) is 6.07 Å². The van der Waals surface area contributed by atoms with Crippen molar-refractivity contribution >= 4 is 5.69 Å². The molecule has 1 aliphatic rings. The summed E-state index contributed by atoms with van der Waals surface area (Å²) in [7, 11) is 0. The Bertz CT molecular complexity index is 251. The largest absolute Gasteiger partial charge is 0.466 e. The fourth-order valence-electron chi connectivity index (χ4n) is 1.62. The summed E-state index contributed by atoms with van der Waals surface area (Å²) in [6.07, 6.45) is 4.27. The molecule has 0 unspecified atom stereocenters. The molecule has 1 aromatic heterocycles. The molecule has 66 valence electrons. The highest BCUT2D eigenvalue weighted by Crippen LogP contribution is 2.17. The first-order valence-electron chi connectivity index (χ1n) is 4.40. The van der Waals surface area contributed by atoms with Crippen LogP contribution >= 0.6 is 0 Å². The Balaban J connectivity index is 1.98. The van der Waals surface area contributed by atoms with Gasteiger partial charge in [0.1, 0.15) is 5.76 Å². The lowest BCUT2D eigenvalue weighted by Gasteiger charge is -2.12. The zero-order valence-corrected chi connectivity index (χ0v) is 7.12. The van der Waals surface area contributed by atoms with Gasteiger partial charge in [0.2, 0.25) is 0 Å². The summed E-state index contributed by atoms with van der Waals surface area (Å²) in [6.45, 7) is 3.24. The number of likely N-dealkylation sites (tertiary alicyclic amines) is 1. The van der Waals surface area contributed by atoms with E-state index in [2.05, 4.69) is 4.90 Å². The Morgan fingerprint density at radius 1 is 1.42 bits per heavy atom. The maximum Gasteiger partial charge on any atom is 0.140 e. The van der Waals surface area contributed by atoms with Crippen molar-refractivity contribution in [3.8, 4) is 0 Å². The summed E-state index contributed by atoms with van der Waals surface area (Å²) in [5.74, 6) is 0.914. The van der Waals surface area contributed by atoms with Crippen LogP contribution in [0.3, 0.4) is 0 Å². The molecule has 0 atom stereocenters. The second kappa shape index (κ2) is 3.19. The topological polar surface area (TPSA) is 42.4 Å². The van der Waals surface area contributed by atoms with Crippen LogP contribution < -0.4 is 5.73 Å². The number of anilines is 1. The third-order valence-electron chi connectivity index (χ3n) is 2.35. The number of hydrogen-bond acceptors (Lipinski definition) is 3. The van der Waals surface area contributed by atoms with Crippen LogP contribution in [0.15, 0.2) is 16.7 Å². The minimum Gasteiger partial charge on any atom is -0.466 e. The molecule has 0 aliphatic carbocycles. The van der Waals surface area contributed by atoms with E-state index in [1.54, 1.807) is 6.26 Å². The molecule has 1 fully saturated rings. The van der Waals surface area contributed by atoms with Crippen molar-refractivity contribution in [2.45, 2.75) is 19.4 Å². The maximum absolute atomic E-state index is 5.70. The molecule has 0 spiro atoms. The lowest BCUT2D eigenvalue weighted by atomic mass is 10.3. The molecule has 3 nitrogen and oxygen atoms in total. The first-order chi connectivity index (χ1) is 5.86. The summed E-state index contributed by atoms with van der Waals surface area (Å²) >= 11 is 0. The lowest BCUT2D eigenvalue weighted by molar-refractivity contribution is 0.298. The summed E-state index contributed by atoms with van der Waals surface area (Å²) in [6, 6.07) is 1.81. The smallest absolute Gasteiger partial charge is 0.140 e. The van der Waals surface area contributed by atoms with E-state index in [4.69, 9.17) is 10.2 Å². The fourth-order valence-corrected chi connectivity index (χ4v) is 1.62. The van der Waals surface area contributed by atoms with Gasteiger partial charge in [-0.25, -0.2) is 0 Å². The van der Waals surface area contributed by atoms with Gasteiger partial charge in [0.15, 0.2) is 0 Å². The summed E-state index contributed by atoms with van der Waals surface area (Å²) < 4.78 is 5.26. The number of nitrogens with two attached hydrogens (primary N) is 1. The van der Waals surface area contributed by atoms with Gasteiger partial charge in [-0.15, -0.1) is 0 Å². The molecule has 0 amide bonds. The van der Waals surface area contributed by atoms with Crippen LogP contribution in [-0.2, 0) is 6.54 Å². The van der Waals surface area contributed by atoms with Gasteiger partial charge in [0.25, 0.3) is 0 Å². The van der Waals surface area contributed by atoms with Crippen LogP contribution in [0.4, 0.5) is 5.69 Å². The third-order valence-corrected chi connectivity index (χ3v) is 2.35. The number of rotatable bonds is 2. The van der Waals surface area contributed by atoms with Crippen LogP contribution in [0.5, 0.6) is 0 Å². The summed E-state index contributed by atoms with van der Waals surface area (Å²) in [5, 5.41) is 0. The predicted molar refractivity (Wildman–Crippen MR) is 47.6 cm³/mol. The van der Waals surface area contributed by atoms with E-state index in [-0.39, 0.29) is 0 Å². The first-order valence-corrected chi connectivity index (χ1v) is 4.40. The van der Waals surface area contributed by atoms with E-state index >= 15 is 0 Å². The van der Waals surface area contributed by atoms with Gasteiger partial charge in [-0.1, -0.05) is 0 Å². The van der Waals surface area contributed by atoms with E-state index in [1.165, 1.54) is 25.9 Å². The van der Waals surface area contributed by atoms with Crippen LogP contribution in [0, 0.1) is 0 Å². The quantitative estimate of drug-likeness (QED) is 0.723. The molecule has 0 aromatic carbocycles. The Morgan fingerprint density at radius 2 is 2.17 bits per heavy atom. The van der Waals surface area contributed by atoms with Crippen molar-refractivity contribution in [2.24, 2.45) is 0 Å². The fraction of sp³-hybridized carbons (Fsp3) is 0.556. The zero-order chi connectivity index (χ0) is 8.39. The van der Waals surface area contributed by atoms with Crippen LogP contribution in [0.1, 0.15) is 18.6 Å². The van der Waals surface area contributed by atoms with Crippen molar-refractivity contribution in [3.05, 3.63) is 18.1 Å². The van der Waals surface area contributed by atoms with Gasteiger partial charge < -0.3 is 10.2 Å². The Hall–Kier alpha value is -0.960. The second-order valence-electron chi connectivity index (χ2n) is 3.28. The molecule has 0 radical (unpaired) electrons. The van der Waals surface area contributed by atoms with Crippen LogP contribution in [0.25, 0.3) is 0 Å². The van der Waals surface area contributed by atoms with Crippen LogP contribution in [0.2, 0.25) is 0 Å². The Labute approximate surface area is 72.1 Å². The van der Waals surface area contributed by atoms with Crippen molar-refractivity contribution < 1.29 is 4.42 Å². The van der Waals surface area contributed by atoms with Crippen molar-refractivity contribution in [3.63, 3.8) is 0 Å². The molecular formula is C9H14N2O. The molecular weight excluding hydrogens is 152 g/mol. The van der Waals surface area contributed by atoms with Gasteiger partial charge in [-0.3, -0.25) is 4.90 Å². The highest BCUT2D eigenvalue weighted by molar-refractivity contribution is 5.40. The lowest BCUT2D eigenvalue weighted by Crippen LogP contribution is -2.18. The molecule has 0 bridgehead atoms. The maximum atomic E-state index is 5.70. The highest BCUT2D eigenvalue weighted by atomic mass is 16.3. The average Bonchev–Trinajstić information content (AvgIpc) is 2.65. The third kappa shape index (κ3) is 1.46. The Morgan fingerprint density at radius 3 is 2.75 bits per heavy atom. The molecule has 3 heteroatoms. The first kappa shape index (κ1) is 7.68. The van der Waals surface area contributed by atoms with Gasteiger partial charge in [-0.2, -0.15) is 0 Å². The predicted octanol–water partition coefficient (Wildman–Crippen LogP) is 1.46. The number of hydrogen-bond donors (Lipinski definition) is 1. The standard InChI is InChI=1S/C9H14N2O/c10-8-3-6-12-9(8)7-11-4-1-2-5-11/h3,6H,1-2,4-5,7,10H2. The van der Waals surface area contributed by atoms with Crippen molar-refractivity contribution in [1.82, 2.24) is 4.90 Å². The number of furan rings is 1. The minimum atomic E-state index is 0.780. The normalized spacial score (nSPS) is 18.7. The SMILES string of the molecule is Nc1ccoc1CN1CCCC1. The summed E-state index contributed by atoms with van der Waals surface area (Å²) in [4.78, 5) is 2.37.